The first-order valence-electron chi connectivity index (χ1n) is 7.14. The predicted molar refractivity (Wildman–Crippen MR) is 95.0 cm³/mol. The van der Waals surface area contributed by atoms with Crippen molar-refractivity contribution in [2.75, 3.05) is 10.6 Å². The van der Waals surface area contributed by atoms with Crippen molar-refractivity contribution in [1.82, 2.24) is 0 Å². The minimum absolute atomic E-state index is 0.0236. The van der Waals surface area contributed by atoms with Crippen LogP contribution in [0.5, 0.6) is 5.75 Å². The van der Waals surface area contributed by atoms with Gasteiger partial charge in [-0.15, -0.1) is 0 Å². The number of nitrogens with one attached hydrogen (secondary N) is 2. The van der Waals surface area contributed by atoms with E-state index >= 15 is 0 Å². The van der Waals surface area contributed by atoms with Gasteiger partial charge >= 0.3 is 0 Å². The molecule has 0 heterocycles. The number of nitrogens with zero attached hydrogens (tertiary/aromatic N) is 1. The Kier molecular flexibility index (Phi) is 5.46. The van der Waals surface area contributed by atoms with E-state index in [9.17, 15) is 15.2 Å². The van der Waals surface area contributed by atoms with Crippen LogP contribution in [0.2, 0.25) is 5.02 Å². The van der Waals surface area contributed by atoms with Crippen molar-refractivity contribution in [3.63, 3.8) is 0 Å². The minimum Gasteiger partial charge on any atom is -0.508 e. The van der Waals surface area contributed by atoms with Gasteiger partial charge in [-0.1, -0.05) is 23.7 Å². The number of aryl methyl sites for hydroxylation is 2. The van der Waals surface area contributed by atoms with Crippen LogP contribution >= 0.6 is 11.6 Å². The average molecular weight is 342 g/mol. The number of amides is 1. The molecule has 0 aliphatic carbocycles. The van der Waals surface area contributed by atoms with Gasteiger partial charge in [0.1, 0.15) is 17.4 Å². The lowest BCUT2D eigenvalue weighted by Gasteiger charge is -2.10. The number of anilines is 2. The molecular formula is C18H16ClN3O2. The van der Waals surface area contributed by atoms with Crippen LogP contribution in [0.3, 0.4) is 0 Å². The molecule has 0 aromatic heterocycles. The smallest absolute Gasteiger partial charge is 0.267 e. The van der Waals surface area contributed by atoms with Crippen LogP contribution in [0.15, 0.2) is 48.2 Å². The molecule has 0 fully saturated rings. The predicted octanol–water partition coefficient (Wildman–Crippen LogP) is 4.12. The lowest BCUT2D eigenvalue weighted by Crippen LogP contribution is -2.14. The Bertz CT molecular complexity index is 831. The molecule has 5 nitrogen and oxygen atoms in total. The fraction of sp³-hybridized carbons (Fsp3) is 0.111. The summed E-state index contributed by atoms with van der Waals surface area (Å²) in [7, 11) is 0. The third kappa shape index (κ3) is 4.28. The Morgan fingerprint density at radius 2 is 2.04 bits per heavy atom. The molecule has 0 aliphatic heterocycles. The molecule has 0 aliphatic rings. The van der Waals surface area contributed by atoms with Gasteiger partial charge in [-0.2, -0.15) is 5.26 Å². The van der Waals surface area contributed by atoms with E-state index in [-0.39, 0.29) is 11.3 Å². The Morgan fingerprint density at radius 3 is 2.67 bits per heavy atom. The molecular weight excluding hydrogens is 326 g/mol. The highest BCUT2D eigenvalue weighted by Gasteiger charge is 2.11. The van der Waals surface area contributed by atoms with Gasteiger partial charge in [0.15, 0.2) is 0 Å². The van der Waals surface area contributed by atoms with E-state index in [1.807, 2.05) is 26.0 Å². The highest BCUT2D eigenvalue weighted by Crippen LogP contribution is 2.27. The summed E-state index contributed by atoms with van der Waals surface area (Å²) in [6, 6.07) is 11.7. The first kappa shape index (κ1) is 17.4. The molecule has 0 saturated carbocycles. The van der Waals surface area contributed by atoms with E-state index in [1.54, 1.807) is 18.2 Å². The summed E-state index contributed by atoms with van der Waals surface area (Å²) in [6.07, 6.45) is 1.31. The number of hydrogen-bond donors (Lipinski definition) is 3. The molecule has 0 atom stereocenters. The standard InChI is InChI=1S/C18H16ClN3O2/c1-11-6-12(2)17(16(19)7-11)21-10-13(9-20)18(24)22-14-4-3-5-15(23)8-14/h3-8,10,21,23H,1-2H3,(H,22,24)/b13-10-. The van der Waals surface area contributed by atoms with E-state index in [0.29, 0.717) is 16.4 Å². The normalized spacial score (nSPS) is 10.8. The summed E-state index contributed by atoms with van der Waals surface area (Å²) in [5.74, 6) is -0.563. The second-order valence-corrected chi connectivity index (χ2v) is 5.66. The van der Waals surface area contributed by atoms with E-state index in [2.05, 4.69) is 10.6 Å². The number of benzene rings is 2. The quantitative estimate of drug-likeness (QED) is 0.576. The molecule has 2 aromatic carbocycles. The topological polar surface area (TPSA) is 85.2 Å². The largest absolute Gasteiger partial charge is 0.508 e. The van der Waals surface area contributed by atoms with Crippen molar-refractivity contribution in [3.8, 4) is 11.8 Å². The number of carbonyl (C=O) groups is 1. The third-order valence-electron chi connectivity index (χ3n) is 3.26. The Hall–Kier alpha value is -2.97. The lowest BCUT2D eigenvalue weighted by atomic mass is 10.1. The van der Waals surface area contributed by atoms with Crippen LogP contribution in [0.4, 0.5) is 11.4 Å². The van der Waals surface area contributed by atoms with Crippen molar-refractivity contribution >= 4 is 28.9 Å². The van der Waals surface area contributed by atoms with Gasteiger partial charge < -0.3 is 15.7 Å². The molecule has 122 valence electrons. The van der Waals surface area contributed by atoms with Crippen molar-refractivity contribution in [2.45, 2.75) is 13.8 Å². The third-order valence-corrected chi connectivity index (χ3v) is 3.56. The average Bonchev–Trinajstić information content (AvgIpc) is 2.49. The number of hydrogen-bond acceptors (Lipinski definition) is 4. The van der Waals surface area contributed by atoms with Gasteiger partial charge in [-0.25, -0.2) is 0 Å². The number of rotatable bonds is 4. The molecule has 2 aromatic rings. The number of nitriles is 1. The SMILES string of the molecule is Cc1cc(C)c(N/C=C(/C#N)C(=O)Nc2cccc(O)c2)c(Cl)c1. The molecule has 0 unspecified atom stereocenters. The van der Waals surface area contributed by atoms with E-state index in [4.69, 9.17) is 11.6 Å². The zero-order valence-electron chi connectivity index (χ0n) is 13.2. The summed E-state index contributed by atoms with van der Waals surface area (Å²) in [6.45, 7) is 3.82. The van der Waals surface area contributed by atoms with E-state index in [1.165, 1.54) is 18.3 Å². The van der Waals surface area contributed by atoms with E-state index in [0.717, 1.165) is 11.1 Å². The number of halogens is 1. The van der Waals surface area contributed by atoms with Crippen LogP contribution in [0.1, 0.15) is 11.1 Å². The number of phenolic OH excluding ortho intramolecular Hbond substituents is 1. The minimum atomic E-state index is -0.587. The summed E-state index contributed by atoms with van der Waals surface area (Å²) >= 11 is 6.19. The molecule has 0 radical (unpaired) electrons. The molecule has 0 bridgehead atoms. The Morgan fingerprint density at radius 1 is 1.29 bits per heavy atom. The van der Waals surface area contributed by atoms with E-state index < -0.39 is 5.91 Å². The maximum absolute atomic E-state index is 12.1. The van der Waals surface area contributed by atoms with Crippen LogP contribution in [0.25, 0.3) is 0 Å². The number of aromatic hydroxyl groups is 1. The molecule has 2 rings (SSSR count). The number of phenols is 1. The number of carbonyl (C=O) groups excluding carboxylic acids is 1. The summed E-state index contributed by atoms with van der Waals surface area (Å²) < 4.78 is 0. The van der Waals surface area contributed by atoms with Gasteiger partial charge in [-0.05, 0) is 43.2 Å². The van der Waals surface area contributed by atoms with Crippen molar-refractivity contribution < 1.29 is 9.90 Å². The molecule has 3 N–H and O–H groups in total. The van der Waals surface area contributed by atoms with Gasteiger partial charge in [0.25, 0.3) is 5.91 Å². The monoisotopic (exact) mass is 341 g/mol. The van der Waals surface area contributed by atoms with Gasteiger partial charge in [-0.3, -0.25) is 4.79 Å². The van der Waals surface area contributed by atoms with Crippen LogP contribution in [-0.4, -0.2) is 11.0 Å². The summed E-state index contributed by atoms with van der Waals surface area (Å²) in [5.41, 5.74) is 2.84. The highest BCUT2D eigenvalue weighted by atomic mass is 35.5. The maximum atomic E-state index is 12.1. The van der Waals surface area contributed by atoms with Gasteiger partial charge in [0, 0.05) is 18.0 Å². The van der Waals surface area contributed by atoms with Crippen LogP contribution in [0, 0.1) is 25.2 Å². The first-order valence-corrected chi connectivity index (χ1v) is 7.52. The summed E-state index contributed by atoms with van der Waals surface area (Å²) in [5, 5.41) is 24.6. The second-order valence-electron chi connectivity index (χ2n) is 5.26. The molecule has 24 heavy (non-hydrogen) atoms. The zero-order chi connectivity index (χ0) is 17.7. The zero-order valence-corrected chi connectivity index (χ0v) is 14.0. The molecule has 0 saturated heterocycles. The van der Waals surface area contributed by atoms with Gasteiger partial charge in [0.2, 0.25) is 0 Å². The van der Waals surface area contributed by atoms with Crippen molar-refractivity contribution in [3.05, 3.63) is 64.3 Å². The van der Waals surface area contributed by atoms with Crippen LogP contribution in [-0.2, 0) is 4.79 Å². The highest BCUT2D eigenvalue weighted by molar-refractivity contribution is 6.33. The van der Waals surface area contributed by atoms with Crippen LogP contribution < -0.4 is 10.6 Å². The molecule has 6 heteroatoms. The van der Waals surface area contributed by atoms with Crippen molar-refractivity contribution in [2.24, 2.45) is 0 Å². The maximum Gasteiger partial charge on any atom is 0.267 e. The van der Waals surface area contributed by atoms with Gasteiger partial charge in [0.05, 0.1) is 10.7 Å². The fourth-order valence-electron chi connectivity index (χ4n) is 2.17. The molecule has 1 amide bonds. The lowest BCUT2D eigenvalue weighted by molar-refractivity contribution is -0.112. The Labute approximate surface area is 145 Å². The Balaban J connectivity index is 2.18. The summed E-state index contributed by atoms with van der Waals surface area (Å²) in [4.78, 5) is 12.1. The first-order chi connectivity index (χ1) is 11.4. The molecule has 0 spiro atoms. The van der Waals surface area contributed by atoms with Crippen molar-refractivity contribution in [1.29, 1.82) is 5.26 Å². The second kappa shape index (κ2) is 7.53. The fourth-order valence-corrected chi connectivity index (χ4v) is 2.55.